The Labute approximate surface area is 188 Å². The number of hydrogen-bond donors (Lipinski definition) is 1. The van der Waals surface area contributed by atoms with Crippen LogP contribution in [0.5, 0.6) is 0 Å². The molecule has 3 aromatic carbocycles. The molecule has 0 fully saturated rings. The van der Waals surface area contributed by atoms with Gasteiger partial charge in [-0.1, -0.05) is 72.3 Å². The van der Waals surface area contributed by atoms with Crippen molar-refractivity contribution in [2.75, 3.05) is 13.1 Å². The van der Waals surface area contributed by atoms with Gasteiger partial charge in [0.15, 0.2) is 0 Å². The Morgan fingerprint density at radius 1 is 0.935 bits per heavy atom. The number of rotatable bonds is 9. The predicted molar refractivity (Wildman–Crippen MR) is 123 cm³/mol. The SMILES string of the molecule is CC(NC(=O)CN(CCc1ccccc1)S(=O)(=O)c1ccc(Cl)cc1)c1ccccc1. The van der Waals surface area contributed by atoms with Crippen LogP contribution in [0.3, 0.4) is 0 Å². The van der Waals surface area contributed by atoms with Crippen molar-refractivity contribution >= 4 is 27.5 Å². The zero-order chi connectivity index (χ0) is 22.3. The third-order valence-electron chi connectivity index (χ3n) is 4.94. The molecule has 0 saturated carbocycles. The molecule has 5 nitrogen and oxygen atoms in total. The lowest BCUT2D eigenvalue weighted by Gasteiger charge is -2.23. The van der Waals surface area contributed by atoms with Crippen molar-refractivity contribution in [1.82, 2.24) is 9.62 Å². The third kappa shape index (κ3) is 6.40. The van der Waals surface area contributed by atoms with E-state index in [1.165, 1.54) is 28.6 Å². The average molecular weight is 457 g/mol. The molecule has 0 radical (unpaired) electrons. The monoisotopic (exact) mass is 456 g/mol. The molecule has 3 aromatic rings. The maximum Gasteiger partial charge on any atom is 0.243 e. The predicted octanol–water partition coefficient (Wildman–Crippen LogP) is 4.45. The van der Waals surface area contributed by atoms with Gasteiger partial charge >= 0.3 is 0 Å². The Morgan fingerprint density at radius 2 is 1.52 bits per heavy atom. The molecular formula is C24H25ClN2O3S. The van der Waals surface area contributed by atoms with Crippen molar-refractivity contribution in [3.63, 3.8) is 0 Å². The molecule has 7 heteroatoms. The van der Waals surface area contributed by atoms with E-state index in [0.717, 1.165) is 11.1 Å². The van der Waals surface area contributed by atoms with E-state index >= 15 is 0 Å². The quantitative estimate of drug-likeness (QED) is 0.517. The molecule has 0 spiro atoms. The number of nitrogens with zero attached hydrogens (tertiary/aromatic N) is 1. The molecule has 31 heavy (non-hydrogen) atoms. The fraction of sp³-hybridized carbons (Fsp3) is 0.208. The molecule has 0 heterocycles. The smallest absolute Gasteiger partial charge is 0.243 e. The number of carbonyl (C=O) groups is 1. The second kappa shape index (κ2) is 10.6. The number of carbonyl (C=O) groups excluding carboxylic acids is 1. The van der Waals surface area contributed by atoms with E-state index in [4.69, 9.17) is 11.6 Å². The van der Waals surface area contributed by atoms with Crippen LogP contribution in [0.1, 0.15) is 24.1 Å². The maximum absolute atomic E-state index is 13.3. The summed E-state index contributed by atoms with van der Waals surface area (Å²) in [5.74, 6) is -0.359. The van der Waals surface area contributed by atoms with Gasteiger partial charge in [-0.2, -0.15) is 4.31 Å². The van der Waals surface area contributed by atoms with Crippen LogP contribution in [0.2, 0.25) is 5.02 Å². The summed E-state index contributed by atoms with van der Waals surface area (Å²) >= 11 is 5.91. The Hall–Kier alpha value is -2.67. The highest BCUT2D eigenvalue weighted by Gasteiger charge is 2.27. The first kappa shape index (κ1) is 23.0. The van der Waals surface area contributed by atoms with E-state index in [-0.39, 0.29) is 29.9 Å². The number of amides is 1. The number of benzene rings is 3. The van der Waals surface area contributed by atoms with E-state index in [1.807, 2.05) is 67.6 Å². The van der Waals surface area contributed by atoms with Gasteiger partial charge < -0.3 is 5.32 Å². The topological polar surface area (TPSA) is 66.5 Å². The maximum atomic E-state index is 13.3. The Kier molecular flexibility index (Phi) is 7.85. The Bertz CT molecular complexity index is 1090. The van der Waals surface area contributed by atoms with E-state index in [1.54, 1.807) is 0 Å². The normalized spacial score (nSPS) is 12.5. The molecule has 1 unspecified atom stereocenters. The van der Waals surface area contributed by atoms with E-state index < -0.39 is 10.0 Å². The highest BCUT2D eigenvalue weighted by Crippen LogP contribution is 2.19. The van der Waals surface area contributed by atoms with Gasteiger partial charge in [0.05, 0.1) is 17.5 Å². The van der Waals surface area contributed by atoms with Crippen LogP contribution in [-0.2, 0) is 21.2 Å². The summed E-state index contributed by atoms with van der Waals surface area (Å²) in [4.78, 5) is 12.8. The molecule has 1 N–H and O–H groups in total. The van der Waals surface area contributed by atoms with Crippen molar-refractivity contribution in [2.45, 2.75) is 24.3 Å². The van der Waals surface area contributed by atoms with Crippen LogP contribution in [0.25, 0.3) is 0 Å². The fourth-order valence-corrected chi connectivity index (χ4v) is 4.73. The van der Waals surface area contributed by atoms with Crippen molar-refractivity contribution in [3.05, 3.63) is 101 Å². The van der Waals surface area contributed by atoms with E-state index in [2.05, 4.69) is 5.32 Å². The van der Waals surface area contributed by atoms with Gasteiger partial charge in [-0.25, -0.2) is 8.42 Å². The van der Waals surface area contributed by atoms with Gasteiger partial charge in [0.25, 0.3) is 0 Å². The average Bonchev–Trinajstić information content (AvgIpc) is 2.78. The minimum Gasteiger partial charge on any atom is -0.348 e. The molecule has 1 amide bonds. The van der Waals surface area contributed by atoms with Crippen LogP contribution in [0.15, 0.2) is 89.8 Å². The van der Waals surface area contributed by atoms with Crippen molar-refractivity contribution in [3.8, 4) is 0 Å². The van der Waals surface area contributed by atoms with Gasteiger partial charge in [0.1, 0.15) is 0 Å². The first-order chi connectivity index (χ1) is 14.9. The van der Waals surface area contributed by atoms with Crippen LogP contribution < -0.4 is 5.32 Å². The van der Waals surface area contributed by atoms with Crippen LogP contribution in [-0.4, -0.2) is 31.7 Å². The summed E-state index contributed by atoms with van der Waals surface area (Å²) in [6.07, 6.45) is 0.495. The first-order valence-corrected chi connectivity index (χ1v) is 11.8. The molecule has 0 bridgehead atoms. The van der Waals surface area contributed by atoms with Crippen LogP contribution in [0.4, 0.5) is 0 Å². The molecular weight excluding hydrogens is 432 g/mol. The number of halogens is 1. The lowest BCUT2D eigenvalue weighted by Crippen LogP contribution is -2.42. The van der Waals surface area contributed by atoms with Crippen molar-refractivity contribution < 1.29 is 13.2 Å². The zero-order valence-electron chi connectivity index (χ0n) is 17.2. The van der Waals surface area contributed by atoms with E-state index in [0.29, 0.717) is 11.4 Å². The fourth-order valence-electron chi connectivity index (χ4n) is 3.21. The number of hydrogen-bond acceptors (Lipinski definition) is 3. The summed E-state index contributed by atoms with van der Waals surface area (Å²) in [7, 11) is -3.87. The summed E-state index contributed by atoms with van der Waals surface area (Å²) in [6.45, 7) is 1.78. The molecule has 162 valence electrons. The van der Waals surface area contributed by atoms with Crippen molar-refractivity contribution in [1.29, 1.82) is 0 Å². The molecule has 0 aliphatic carbocycles. The number of sulfonamides is 1. The van der Waals surface area contributed by atoms with E-state index in [9.17, 15) is 13.2 Å². The molecule has 0 aliphatic heterocycles. The summed E-state index contributed by atoms with van der Waals surface area (Å²) in [5.41, 5.74) is 1.95. The standard InChI is InChI=1S/C24H25ClN2O3S/c1-19(21-10-6-3-7-11-21)26-24(28)18-27(17-16-20-8-4-2-5-9-20)31(29,30)23-14-12-22(25)13-15-23/h2-15,19H,16-18H2,1H3,(H,26,28). The van der Waals surface area contributed by atoms with Crippen LogP contribution in [0, 0.1) is 0 Å². The molecule has 3 rings (SSSR count). The lowest BCUT2D eigenvalue weighted by atomic mass is 10.1. The minimum absolute atomic E-state index is 0.105. The lowest BCUT2D eigenvalue weighted by molar-refractivity contribution is -0.121. The van der Waals surface area contributed by atoms with Gasteiger partial charge in [-0.15, -0.1) is 0 Å². The second-order valence-corrected chi connectivity index (χ2v) is 9.60. The second-order valence-electron chi connectivity index (χ2n) is 7.23. The molecule has 1 atom stereocenters. The summed E-state index contributed by atoms with van der Waals surface area (Å²) in [5, 5.41) is 3.34. The molecule has 0 aliphatic rings. The van der Waals surface area contributed by atoms with Gasteiger partial charge in [0.2, 0.25) is 15.9 Å². The van der Waals surface area contributed by atoms with Crippen molar-refractivity contribution in [2.24, 2.45) is 0 Å². The van der Waals surface area contributed by atoms with Crippen LogP contribution >= 0.6 is 11.6 Å². The minimum atomic E-state index is -3.87. The highest BCUT2D eigenvalue weighted by atomic mass is 35.5. The third-order valence-corrected chi connectivity index (χ3v) is 7.05. The number of nitrogens with one attached hydrogen (secondary N) is 1. The largest absolute Gasteiger partial charge is 0.348 e. The van der Waals surface area contributed by atoms with Gasteiger partial charge in [0, 0.05) is 11.6 Å². The zero-order valence-corrected chi connectivity index (χ0v) is 18.8. The van der Waals surface area contributed by atoms with Gasteiger partial charge in [-0.05, 0) is 48.7 Å². The highest BCUT2D eigenvalue weighted by molar-refractivity contribution is 7.89. The molecule has 0 saturated heterocycles. The molecule has 0 aromatic heterocycles. The summed E-state index contributed by atoms with van der Waals surface area (Å²) in [6, 6.07) is 24.9. The van der Waals surface area contributed by atoms with Gasteiger partial charge in [-0.3, -0.25) is 4.79 Å². The Balaban J connectivity index is 1.77. The Morgan fingerprint density at radius 3 is 2.13 bits per heavy atom. The first-order valence-electron chi connectivity index (χ1n) is 10.0. The summed E-state index contributed by atoms with van der Waals surface area (Å²) < 4.78 is 27.7.